The van der Waals surface area contributed by atoms with E-state index in [-0.39, 0.29) is 33.7 Å². The first-order valence-electron chi connectivity index (χ1n) is 10.7. The van der Waals surface area contributed by atoms with Gasteiger partial charge in [-0.1, -0.05) is 73.6 Å². The van der Waals surface area contributed by atoms with E-state index in [1.165, 1.54) is 16.7 Å². The fraction of sp³-hybridized carbons (Fsp3) is 0.708. The summed E-state index contributed by atoms with van der Waals surface area (Å²) in [5.41, 5.74) is 3.86. The smallest absolute Gasteiger partial charge is 0.222 e. The molecule has 2 rings (SSSR count). The van der Waals surface area contributed by atoms with Crippen LogP contribution >= 0.6 is 0 Å². The summed E-state index contributed by atoms with van der Waals surface area (Å²) in [6.07, 6.45) is 1.11. The van der Waals surface area contributed by atoms with Crippen molar-refractivity contribution in [2.45, 2.75) is 84.3 Å². The summed E-state index contributed by atoms with van der Waals surface area (Å²) >= 11 is 0. The highest BCUT2D eigenvalue weighted by Gasteiger charge is 2.39. The topological polar surface area (TPSA) is 54.5 Å². The van der Waals surface area contributed by atoms with Gasteiger partial charge >= 0.3 is 0 Å². The molecular weight excluding hydrogens is 382 g/mol. The Labute approximate surface area is 178 Å². The minimum absolute atomic E-state index is 0.0511. The molecule has 1 aromatic carbocycles. The number of amides is 1. The average molecular weight is 422 g/mol. The van der Waals surface area contributed by atoms with Gasteiger partial charge in [-0.3, -0.25) is 4.79 Å². The van der Waals surface area contributed by atoms with Gasteiger partial charge in [-0.25, -0.2) is 8.42 Å². The van der Waals surface area contributed by atoms with Gasteiger partial charge in [0.05, 0.1) is 11.0 Å². The van der Waals surface area contributed by atoms with Crippen molar-refractivity contribution in [3.8, 4) is 0 Å². The number of nitrogens with zero attached hydrogens (tertiary/aromatic N) is 1. The van der Waals surface area contributed by atoms with Crippen molar-refractivity contribution >= 4 is 15.7 Å². The summed E-state index contributed by atoms with van der Waals surface area (Å²) in [5.74, 6) is 0.380. The van der Waals surface area contributed by atoms with Crippen LogP contribution in [0.3, 0.4) is 0 Å². The Hall–Kier alpha value is -1.36. The first-order chi connectivity index (χ1) is 13.1. The maximum absolute atomic E-state index is 12.6. The maximum Gasteiger partial charge on any atom is 0.222 e. The molecule has 1 aliphatic heterocycles. The molecule has 1 aromatic rings. The number of aryl methyl sites for hydroxylation is 1. The van der Waals surface area contributed by atoms with Crippen LogP contribution in [0.15, 0.2) is 18.2 Å². The SMILES string of the molecule is CC(C)CS(=O)(=O)C1CN(C(=O)CCc2cc(C(C)(C)C)cc(C(C)(C)C)c2)C1. The summed E-state index contributed by atoms with van der Waals surface area (Å²) in [6.45, 7) is 17.8. The standard InChI is InChI=1S/C24H39NO3S/c1-17(2)16-29(27,28)21-14-25(15-21)22(26)10-9-18-11-19(23(3,4)5)13-20(12-18)24(6,7)8/h11-13,17,21H,9-10,14-16H2,1-8H3. The molecule has 1 heterocycles. The van der Waals surface area contributed by atoms with Crippen LogP contribution < -0.4 is 0 Å². The van der Waals surface area contributed by atoms with Gasteiger partial charge in [0.15, 0.2) is 9.84 Å². The molecule has 1 aliphatic rings. The number of hydrogen-bond donors (Lipinski definition) is 0. The fourth-order valence-electron chi connectivity index (χ4n) is 3.58. The van der Waals surface area contributed by atoms with Crippen LogP contribution in [0.25, 0.3) is 0 Å². The van der Waals surface area contributed by atoms with E-state index in [9.17, 15) is 13.2 Å². The quantitative estimate of drug-likeness (QED) is 0.680. The van der Waals surface area contributed by atoms with Crippen LogP contribution in [0.2, 0.25) is 0 Å². The third kappa shape index (κ3) is 6.31. The van der Waals surface area contributed by atoms with Crippen LogP contribution in [0, 0.1) is 5.92 Å². The number of rotatable bonds is 6. The number of benzene rings is 1. The maximum atomic E-state index is 12.6. The van der Waals surface area contributed by atoms with E-state index in [1.54, 1.807) is 4.90 Å². The predicted molar refractivity (Wildman–Crippen MR) is 121 cm³/mol. The first kappa shape index (κ1) is 23.9. The monoisotopic (exact) mass is 421 g/mol. The summed E-state index contributed by atoms with van der Waals surface area (Å²) in [7, 11) is -3.09. The zero-order valence-corrected chi connectivity index (χ0v) is 20.3. The minimum Gasteiger partial charge on any atom is -0.340 e. The molecular formula is C24H39NO3S. The van der Waals surface area contributed by atoms with E-state index in [0.29, 0.717) is 25.9 Å². The third-order valence-corrected chi connectivity index (χ3v) is 8.07. The largest absolute Gasteiger partial charge is 0.340 e. The van der Waals surface area contributed by atoms with Crippen molar-refractivity contribution in [2.75, 3.05) is 18.8 Å². The van der Waals surface area contributed by atoms with Gasteiger partial charge in [-0.2, -0.15) is 0 Å². The zero-order valence-electron chi connectivity index (χ0n) is 19.5. The molecule has 0 aliphatic carbocycles. The lowest BCUT2D eigenvalue weighted by molar-refractivity contribution is -0.134. The number of sulfone groups is 1. The molecule has 0 unspecified atom stereocenters. The third-order valence-electron chi connectivity index (χ3n) is 5.63. The Kier molecular flexibility index (Phi) is 6.93. The second-order valence-corrected chi connectivity index (χ2v) is 13.4. The lowest BCUT2D eigenvalue weighted by Crippen LogP contribution is -2.57. The van der Waals surface area contributed by atoms with Crippen LogP contribution in [0.1, 0.15) is 78.5 Å². The average Bonchev–Trinajstić information content (AvgIpc) is 2.47. The number of carbonyl (C=O) groups excluding carboxylic acids is 1. The summed E-state index contributed by atoms with van der Waals surface area (Å²) in [4.78, 5) is 14.3. The van der Waals surface area contributed by atoms with Crippen molar-refractivity contribution < 1.29 is 13.2 Å². The second-order valence-electron chi connectivity index (χ2n) is 11.1. The lowest BCUT2D eigenvalue weighted by atomic mass is 9.79. The Morgan fingerprint density at radius 2 is 1.48 bits per heavy atom. The lowest BCUT2D eigenvalue weighted by Gasteiger charge is -2.39. The Balaban J connectivity index is 2.02. The van der Waals surface area contributed by atoms with E-state index in [4.69, 9.17) is 0 Å². The molecule has 0 atom stereocenters. The van der Waals surface area contributed by atoms with E-state index in [0.717, 1.165) is 0 Å². The van der Waals surface area contributed by atoms with E-state index in [2.05, 4.69) is 59.7 Å². The molecule has 0 spiro atoms. The van der Waals surface area contributed by atoms with Gasteiger partial charge < -0.3 is 4.90 Å². The van der Waals surface area contributed by atoms with Gasteiger partial charge in [0.1, 0.15) is 0 Å². The highest BCUT2D eigenvalue weighted by Crippen LogP contribution is 2.31. The van der Waals surface area contributed by atoms with E-state index in [1.807, 2.05) is 13.8 Å². The summed E-state index contributed by atoms with van der Waals surface area (Å²) in [5, 5.41) is -0.384. The summed E-state index contributed by atoms with van der Waals surface area (Å²) in [6, 6.07) is 6.72. The molecule has 29 heavy (non-hydrogen) atoms. The van der Waals surface area contributed by atoms with Gasteiger partial charge in [0, 0.05) is 19.5 Å². The molecule has 5 heteroatoms. The molecule has 0 saturated carbocycles. The fourth-order valence-corrected chi connectivity index (χ4v) is 5.60. The molecule has 1 amide bonds. The van der Waals surface area contributed by atoms with Crippen LogP contribution in [0.4, 0.5) is 0 Å². The van der Waals surface area contributed by atoms with Crippen molar-refractivity contribution in [2.24, 2.45) is 5.92 Å². The zero-order chi connectivity index (χ0) is 22.2. The molecule has 0 N–H and O–H groups in total. The van der Waals surface area contributed by atoms with Crippen molar-refractivity contribution in [3.05, 3.63) is 34.9 Å². The van der Waals surface area contributed by atoms with Crippen LogP contribution in [-0.4, -0.2) is 43.3 Å². The van der Waals surface area contributed by atoms with Crippen LogP contribution in [-0.2, 0) is 31.9 Å². The number of likely N-dealkylation sites (tertiary alicyclic amines) is 1. The van der Waals surface area contributed by atoms with Crippen molar-refractivity contribution in [3.63, 3.8) is 0 Å². The Morgan fingerprint density at radius 3 is 1.90 bits per heavy atom. The molecule has 164 valence electrons. The van der Waals surface area contributed by atoms with Crippen molar-refractivity contribution in [1.29, 1.82) is 0 Å². The van der Waals surface area contributed by atoms with Gasteiger partial charge in [-0.15, -0.1) is 0 Å². The van der Waals surface area contributed by atoms with Gasteiger partial charge in [0.25, 0.3) is 0 Å². The second kappa shape index (κ2) is 8.41. The molecule has 0 bridgehead atoms. The predicted octanol–water partition coefficient (Wildman–Crippen LogP) is 4.50. The molecule has 1 saturated heterocycles. The molecule has 1 fully saturated rings. The number of hydrogen-bond acceptors (Lipinski definition) is 3. The van der Waals surface area contributed by atoms with Gasteiger partial charge in [0.2, 0.25) is 5.91 Å². The van der Waals surface area contributed by atoms with Crippen LogP contribution in [0.5, 0.6) is 0 Å². The Morgan fingerprint density at radius 1 is 1.00 bits per heavy atom. The van der Waals surface area contributed by atoms with Gasteiger partial charge in [-0.05, 0) is 39.9 Å². The minimum atomic E-state index is -3.09. The Bertz CT molecular complexity index is 804. The van der Waals surface area contributed by atoms with Crippen molar-refractivity contribution in [1.82, 2.24) is 4.90 Å². The molecule has 4 nitrogen and oxygen atoms in total. The highest BCUT2D eigenvalue weighted by atomic mass is 32.2. The normalized spacial score (nSPS) is 16.2. The molecule has 0 radical (unpaired) electrons. The van der Waals surface area contributed by atoms with E-state index >= 15 is 0 Å². The summed E-state index contributed by atoms with van der Waals surface area (Å²) < 4.78 is 24.6. The highest BCUT2D eigenvalue weighted by molar-refractivity contribution is 7.92. The van der Waals surface area contributed by atoms with E-state index < -0.39 is 9.84 Å². The molecule has 0 aromatic heterocycles. The number of carbonyl (C=O) groups is 1. The first-order valence-corrected chi connectivity index (χ1v) is 12.5.